The molecule has 1 aliphatic heterocycles. The van der Waals surface area contributed by atoms with Gasteiger partial charge in [-0.15, -0.1) is 0 Å². The summed E-state index contributed by atoms with van der Waals surface area (Å²) in [6.07, 6.45) is 1.90. The van der Waals surface area contributed by atoms with E-state index in [9.17, 15) is 18.0 Å². The standard InChI is InChI=1S/C17H16N4O2.C2HF3O2/c1-12-14(4-8-23-12)17(22)20-6-7-21-15(10-19-16(21)11-20)13-3-2-5-18-9-13;3-2(4,5)1(6)7/h2-5,8-10H,6-7,11H2,1H3;(H,6,7). The molecule has 0 saturated heterocycles. The van der Waals surface area contributed by atoms with Crippen molar-refractivity contribution < 1.29 is 32.3 Å². The minimum Gasteiger partial charge on any atom is -0.475 e. The maximum Gasteiger partial charge on any atom is 0.490 e. The topological polar surface area (TPSA) is 101 Å². The van der Waals surface area contributed by atoms with E-state index in [0.29, 0.717) is 24.4 Å². The molecule has 1 amide bonds. The number of amides is 1. The van der Waals surface area contributed by atoms with E-state index in [1.54, 1.807) is 25.5 Å². The Kier molecular flexibility index (Phi) is 5.90. The lowest BCUT2D eigenvalue weighted by Gasteiger charge is -2.28. The molecule has 0 aliphatic carbocycles. The Labute approximate surface area is 168 Å². The molecular formula is C19H17F3N4O4. The molecular weight excluding hydrogens is 405 g/mol. The summed E-state index contributed by atoms with van der Waals surface area (Å²) in [7, 11) is 0. The number of rotatable bonds is 2. The summed E-state index contributed by atoms with van der Waals surface area (Å²) in [5, 5.41) is 7.12. The maximum atomic E-state index is 12.6. The average molecular weight is 422 g/mol. The summed E-state index contributed by atoms with van der Waals surface area (Å²) in [5.41, 5.74) is 2.70. The smallest absolute Gasteiger partial charge is 0.475 e. The minimum atomic E-state index is -5.08. The van der Waals surface area contributed by atoms with Gasteiger partial charge in [-0.25, -0.2) is 9.78 Å². The molecule has 0 spiro atoms. The first kappa shape index (κ1) is 21.1. The third-order valence-electron chi connectivity index (χ3n) is 4.44. The van der Waals surface area contributed by atoms with E-state index in [4.69, 9.17) is 14.3 Å². The maximum absolute atomic E-state index is 12.6. The van der Waals surface area contributed by atoms with Crippen molar-refractivity contribution in [2.75, 3.05) is 6.54 Å². The van der Waals surface area contributed by atoms with Gasteiger partial charge in [0.1, 0.15) is 11.6 Å². The molecule has 0 bridgehead atoms. The van der Waals surface area contributed by atoms with Crippen molar-refractivity contribution >= 4 is 11.9 Å². The Hall–Kier alpha value is -3.63. The summed E-state index contributed by atoms with van der Waals surface area (Å²) in [4.78, 5) is 31.9. The molecule has 8 nitrogen and oxygen atoms in total. The molecule has 0 unspecified atom stereocenters. The van der Waals surface area contributed by atoms with Gasteiger partial charge in [-0.1, -0.05) is 0 Å². The van der Waals surface area contributed by atoms with Crippen molar-refractivity contribution in [3.8, 4) is 11.3 Å². The van der Waals surface area contributed by atoms with E-state index in [0.717, 1.165) is 23.6 Å². The number of alkyl halides is 3. The second-order valence-electron chi connectivity index (χ2n) is 6.37. The van der Waals surface area contributed by atoms with E-state index in [-0.39, 0.29) is 5.91 Å². The number of fused-ring (bicyclic) bond motifs is 1. The van der Waals surface area contributed by atoms with Crippen molar-refractivity contribution in [1.29, 1.82) is 0 Å². The van der Waals surface area contributed by atoms with Gasteiger partial charge in [0.15, 0.2) is 0 Å². The molecule has 0 atom stereocenters. The minimum absolute atomic E-state index is 0.00609. The number of furan rings is 1. The predicted octanol–water partition coefficient (Wildman–Crippen LogP) is 3.14. The van der Waals surface area contributed by atoms with Crippen molar-refractivity contribution in [2.24, 2.45) is 0 Å². The quantitative estimate of drug-likeness (QED) is 0.681. The van der Waals surface area contributed by atoms with Crippen molar-refractivity contribution in [2.45, 2.75) is 26.2 Å². The van der Waals surface area contributed by atoms with E-state index < -0.39 is 12.1 Å². The van der Waals surface area contributed by atoms with Crippen LogP contribution in [0.1, 0.15) is 21.9 Å². The van der Waals surface area contributed by atoms with Crippen molar-refractivity contribution in [1.82, 2.24) is 19.4 Å². The number of imidazole rings is 1. The second-order valence-corrected chi connectivity index (χ2v) is 6.37. The van der Waals surface area contributed by atoms with Gasteiger partial charge in [-0.2, -0.15) is 13.2 Å². The Bertz CT molecular complexity index is 1040. The fraction of sp³-hybridized carbons (Fsp3) is 0.263. The summed E-state index contributed by atoms with van der Waals surface area (Å²) in [5.74, 6) is -1.22. The number of aromatic nitrogens is 3. The third-order valence-corrected chi connectivity index (χ3v) is 4.44. The fourth-order valence-electron chi connectivity index (χ4n) is 2.96. The van der Waals surface area contributed by atoms with Crippen LogP contribution in [0.3, 0.4) is 0 Å². The van der Waals surface area contributed by atoms with Gasteiger partial charge in [0.2, 0.25) is 0 Å². The van der Waals surface area contributed by atoms with E-state index in [1.165, 1.54) is 0 Å². The molecule has 11 heteroatoms. The number of carboxylic acid groups (broad SMARTS) is 1. The summed E-state index contributed by atoms with van der Waals surface area (Å²) >= 11 is 0. The van der Waals surface area contributed by atoms with Gasteiger partial charge in [-0.05, 0) is 25.1 Å². The first-order valence-electron chi connectivity index (χ1n) is 8.76. The third kappa shape index (κ3) is 4.50. The lowest BCUT2D eigenvalue weighted by atomic mass is 10.2. The molecule has 3 aromatic heterocycles. The van der Waals surface area contributed by atoms with Crippen LogP contribution in [-0.4, -0.2) is 49.1 Å². The highest BCUT2D eigenvalue weighted by Crippen LogP contribution is 2.24. The predicted molar refractivity (Wildman–Crippen MR) is 97.3 cm³/mol. The van der Waals surface area contributed by atoms with Crippen LogP contribution >= 0.6 is 0 Å². The molecule has 3 aromatic rings. The van der Waals surface area contributed by atoms with Gasteiger partial charge < -0.3 is 19.0 Å². The van der Waals surface area contributed by atoms with Crippen LogP contribution in [0.4, 0.5) is 13.2 Å². The molecule has 0 saturated carbocycles. The molecule has 30 heavy (non-hydrogen) atoms. The number of carboxylic acids is 1. The van der Waals surface area contributed by atoms with Crippen molar-refractivity contribution in [3.63, 3.8) is 0 Å². The summed E-state index contributed by atoms with van der Waals surface area (Å²) in [6, 6.07) is 5.65. The van der Waals surface area contributed by atoms with Crippen molar-refractivity contribution in [3.05, 3.63) is 60.2 Å². The van der Waals surface area contributed by atoms with E-state index in [1.807, 2.05) is 29.4 Å². The second kappa shape index (κ2) is 8.39. The molecule has 158 valence electrons. The number of carbonyl (C=O) groups excluding carboxylic acids is 1. The number of pyridine rings is 1. The van der Waals surface area contributed by atoms with Crippen LogP contribution in [0.2, 0.25) is 0 Å². The molecule has 4 rings (SSSR count). The van der Waals surface area contributed by atoms with Gasteiger partial charge in [0.05, 0.1) is 30.3 Å². The normalized spacial score (nSPS) is 13.3. The summed E-state index contributed by atoms with van der Waals surface area (Å²) < 4.78 is 39.1. The van der Waals surface area contributed by atoms with Gasteiger partial charge in [0, 0.05) is 31.0 Å². The fourth-order valence-corrected chi connectivity index (χ4v) is 2.96. The molecule has 4 heterocycles. The number of halogens is 3. The molecule has 0 radical (unpaired) electrons. The van der Waals surface area contributed by atoms with Gasteiger partial charge >= 0.3 is 12.1 Å². The Morgan fingerprint density at radius 3 is 2.50 bits per heavy atom. The molecule has 1 N–H and O–H groups in total. The zero-order chi connectivity index (χ0) is 21.9. The van der Waals surface area contributed by atoms with Gasteiger partial charge in [0.25, 0.3) is 5.91 Å². The number of aliphatic carboxylic acids is 1. The van der Waals surface area contributed by atoms with Crippen LogP contribution in [-0.2, 0) is 17.9 Å². The number of carbonyl (C=O) groups is 2. The van der Waals surface area contributed by atoms with Crippen LogP contribution in [0.5, 0.6) is 0 Å². The number of hydrogen-bond acceptors (Lipinski definition) is 5. The number of nitrogens with zero attached hydrogens (tertiary/aromatic N) is 4. The SMILES string of the molecule is Cc1occc1C(=O)N1CCn2c(-c3cccnc3)cnc2C1.O=C(O)C(F)(F)F. The number of hydrogen-bond donors (Lipinski definition) is 1. The van der Waals surface area contributed by atoms with Crippen LogP contribution < -0.4 is 0 Å². The largest absolute Gasteiger partial charge is 0.490 e. The molecule has 0 aromatic carbocycles. The lowest BCUT2D eigenvalue weighted by molar-refractivity contribution is -0.192. The van der Waals surface area contributed by atoms with Crippen LogP contribution in [0, 0.1) is 6.92 Å². The average Bonchev–Trinajstić information content (AvgIpc) is 3.33. The molecule has 0 fully saturated rings. The highest BCUT2D eigenvalue weighted by molar-refractivity contribution is 5.95. The molecule has 1 aliphatic rings. The Morgan fingerprint density at radius 1 is 1.20 bits per heavy atom. The Balaban J connectivity index is 0.000000318. The van der Waals surface area contributed by atoms with Crippen LogP contribution in [0.25, 0.3) is 11.3 Å². The van der Waals surface area contributed by atoms with E-state index >= 15 is 0 Å². The zero-order valence-corrected chi connectivity index (χ0v) is 15.8. The lowest BCUT2D eigenvalue weighted by Crippen LogP contribution is -2.38. The van der Waals surface area contributed by atoms with Gasteiger partial charge in [-0.3, -0.25) is 9.78 Å². The Morgan fingerprint density at radius 2 is 1.93 bits per heavy atom. The highest BCUT2D eigenvalue weighted by atomic mass is 19.4. The summed E-state index contributed by atoms with van der Waals surface area (Å²) in [6.45, 7) is 3.69. The van der Waals surface area contributed by atoms with E-state index in [2.05, 4.69) is 14.5 Å². The first-order chi connectivity index (χ1) is 14.2. The number of aryl methyl sites for hydroxylation is 1. The highest BCUT2D eigenvalue weighted by Gasteiger charge is 2.38. The monoisotopic (exact) mass is 422 g/mol. The first-order valence-corrected chi connectivity index (χ1v) is 8.76. The zero-order valence-electron chi connectivity index (χ0n) is 15.8. The van der Waals surface area contributed by atoms with Crippen LogP contribution in [0.15, 0.2) is 47.5 Å².